The monoisotopic (exact) mass is 444 g/mol. The van der Waals surface area contributed by atoms with Gasteiger partial charge in [-0.1, -0.05) is 29.8 Å². The number of aryl methyl sites for hydroxylation is 2. The number of nitrogens with zero attached hydrogens (tertiary/aromatic N) is 1. The van der Waals surface area contributed by atoms with Gasteiger partial charge in [-0.05, 0) is 19.1 Å². The zero-order valence-corrected chi connectivity index (χ0v) is 16.9. The van der Waals surface area contributed by atoms with E-state index in [2.05, 4.69) is 19.8 Å². The van der Waals surface area contributed by atoms with Crippen molar-refractivity contribution < 1.29 is 37.0 Å². The molecule has 2 aromatic carbocycles. The second kappa shape index (κ2) is 8.66. The Bertz CT molecular complexity index is 1140. The van der Waals surface area contributed by atoms with Crippen molar-refractivity contribution in [2.75, 3.05) is 11.9 Å². The number of carbonyl (C=O) groups is 2. The number of carbonyl (C=O) groups excluding carboxylic acids is 2. The van der Waals surface area contributed by atoms with Gasteiger partial charge in [0.15, 0.2) is 29.8 Å². The minimum absolute atomic E-state index is 0.0275. The Morgan fingerprint density at radius 2 is 1.84 bits per heavy atom. The Labute approximate surface area is 181 Å². The second-order valence-electron chi connectivity index (χ2n) is 7.02. The number of hydrogen-bond donors (Lipinski definition) is 1. The predicted octanol–water partition coefficient (Wildman–Crippen LogP) is 4.09. The van der Waals surface area contributed by atoms with Crippen molar-refractivity contribution in [1.29, 1.82) is 0 Å². The highest BCUT2D eigenvalue weighted by atomic mass is 19.3. The maximum atomic E-state index is 13.0. The summed E-state index contributed by atoms with van der Waals surface area (Å²) in [5.41, 5.74) is 2.19. The Morgan fingerprint density at radius 1 is 1.09 bits per heavy atom. The Balaban J connectivity index is 1.22. The van der Waals surface area contributed by atoms with Crippen LogP contribution in [0.1, 0.15) is 17.9 Å². The van der Waals surface area contributed by atoms with Gasteiger partial charge in [0.25, 0.3) is 5.91 Å². The molecule has 0 saturated heterocycles. The van der Waals surface area contributed by atoms with Crippen LogP contribution in [0.25, 0.3) is 11.3 Å². The molecule has 32 heavy (non-hydrogen) atoms. The summed E-state index contributed by atoms with van der Waals surface area (Å²) in [6, 6.07) is 11.5. The number of rotatable bonds is 7. The lowest BCUT2D eigenvalue weighted by molar-refractivity contribution is -0.286. The number of alkyl halides is 2. The maximum absolute atomic E-state index is 13.0. The Kier molecular flexibility index (Phi) is 5.76. The van der Waals surface area contributed by atoms with E-state index in [1.54, 1.807) is 6.20 Å². The van der Waals surface area contributed by atoms with Crippen molar-refractivity contribution in [1.82, 2.24) is 4.98 Å². The number of amides is 1. The van der Waals surface area contributed by atoms with Crippen LogP contribution in [0.3, 0.4) is 0 Å². The molecule has 8 nitrogen and oxygen atoms in total. The fourth-order valence-electron chi connectivity index (χ4n) is 2.93. The Morgan fingerprint density at radius 3 is 2.62 bits per heavy atom. The van der Waals surface area contributed by atoms with E-state index in [9.17, 15) is 18.4 Å². The molecule has 1 N–H and O–H groups in total. The standard InChI is InChI=1S/C22H18F2N2O6/c1-13-2-4-14(5-3-13)18-11-25-20(30-18)8-9-21(28)29-12-19(27)26-15-6-7-16-17(10-15)32-22(23,24)31-16/h2-7,10-11H,8-9,12H2,1H3,(H,26,27). The molecule has 0 unspecified atom stereocenters. The smallest absolute Gasteiger partial charge is 0.456 e. The first-order valence-electron chi connectivity index (χ1n) is 9.64. The van der Waals surface area contributed by atoms with Crippen LogP contribution in [0.15, 0.2) is 53.1 Å². The number of hydrogen-bond acceptors (Lipinski definition) is 7. The topological polar surface area (TPSA) is 99.9 Å². The molecule has 10 heteroatoms. The summed E-state index contributed by atoms with van der Waals surface area (Å²) in [7, 11) is 0. The molecule has 0 bridgehead atoms. The van der Waals surface area contributed by atoms with E-state index in [1.807, 2.05) is 31.2 Å². The number of benzene rings is 2. The van der Waals surface area contributed by atoms with Crippen molar-refractivity contribution in [3.63, 3.8) is 0 Å². The third-order valence-corrected chi connectivity index (χ3v) is 4.48. The number of ether oxygens (including phenoxy) is 3. The zero-order valence-electron chi connectivity index (χ0n) is 16.9. The van der Waals surface area contributed by atoms with Gasteiger partial charge in [-0.3, -0.25) is 9.59 Å². The largest absolute Gasteiger partial charge is 0.586 e. The van der Waals surface area contributed by atoms with Crippen LogP contribution in [0, 0.1) is 6.92 Å². The summed E-state index contributed by atoms with van der Waals surface area (Å²) in [4.78, 5) is 28.0. The van der Waals surface area contributed by atoms with E-state index in [4.69, 9.17) is 9.15 Å². The number of aromatic nitrogens is 1. The van der Waals surface area contributed by atoms with Gasteiger partial charge in [0.1, 0.15) is 0 Å². The molecule has 0 spiro atoms. The third-order valence-electron chi connectivity index (χ3n) is 4.48. The van der Waals surface area contributed by atoms with E-state index < -0.39 is 24.8 Å². The summed E-state index contributed by atoms with van der Waals surface area (Å²) in [6.07, 6.45) is -1.98. The Hall–Kier alpha value is -3.95. The van der Waals surface area contributed by atoms with Crippen LogP contribution in [0.2, 0.25) is 0 Å². The molecule has 0 fully saturated rings. The molecule has 0 atom stereocenters. The number of oxazole rings is 1. The lowest BCUT2D eigenvalue weighted by Gasteiger charge is -2.07. The highest BCUT2D eigenvalue weighted by Gasteiger charge is 2.43. The molecule has 3 aromatic rings. The fourth-order valence-corrected chi connectivity index (χ4v) is 2.93. The molecule has 0 saturated carbocycles. The van der Waals surface area contributed by atoms with Gasteiger partial charge in [-0.2, -0.15) is 0 Å². The molecule has 0 radical (unpaired) electrons. The lowest BCUT2D eigenvalue weighted by atomic mass is 10.1. The van der Waals surface area contributed by atoms with E-state index in [0.29, 0.717) is 11.7 Å². The van der Waals surface area contributed by atoms with Gasteiger partial charge < -0.3 is 23.9 Å². The number of esters is 1. The predicted molar refractivity (Wildman–Crippen MR) is 107 cm³/mol. The SMILES string of the molecule is Cc1ccc(-c2cnc(CCC(=O)OCC(=O)Nc3ccc4c(c3)OC(F)(F)O4)o2)cc1. The molecule has 2 heterocycles. The average molecular weight is 444 g/mol. The second-order valence-corrected chi connectivity index (χ2v) is 7.02. The highest BCUT2D eigenvalue weighted by molar-refractivity contribution is 5.93. The normalized spacial score (nSPS) is 13.6. The van der Waals surface area contributed by atoms with Crippen LogP contribution in [0.4, 0.5) is 14.5 Å². The van der Waals surface area contributed by atoms with Crippen molar-refractivity contribution in [2.24, 2.45) is 0 Å². The molecule has 1 aromatic heterocycles. The number of anilines is 1. The van der Waals surface area contributed by atoms with Crippen LogP contribution in [-0.2, 0) is 20.7 Å². The first-order valence-corrected chi connectivity index (χ1v) is 9.64. The van der Waals surface area contributed by atoms with Gasteiger partial charge in [-0.15, -0.1) is 8.78 Å². The van der Waals surface area contributed by atoms with Gasteiger partial charge in [0.05, 0.1) is 12.6 Å². The number of halogens is 2. The van der Waals surface area contributed by atoms with Crippen molar-refractivity contribution in [3.05, 3.63) is 60.1 Å². The average Bonchev–Trinajstić information content (AvgIpc) is 3.33. The van der Waals surface area contributed by atoms with Gasteiger partial charge >= 0.3 is 12.3 Å². The van der Waals surface area contributed by atoms with Crippen molar-refractivity contribution in [2.45, 2.75) is 26.1 Å². The lowest BCUT2D eigenvalue weighted by Crippen LogP contribution is -2.25. The van der Waals surface area contributed by atoms with Crippen LogP contribution < -0.4 is 14.8 Å². The third kappa shape index (κ3) is 5.20. The maximum Gasteiger partial charge on any atom is 0.586 e. The van der Waals surface area contributed by atoms with Gasteiger partial charge in [0, 0.05) is 23.7 Å². The summed E-state index contributed by atoms with van der Waals surface area (Å²) in [5, 5.41) is 2.43. The molecular formula is C22H18F2N2O6. The number of nitrogens with one attached hydrogen (secondary N) is 1. The van der Waals surface area contributed by atoms with Crippen LogP contribution in [0.5, 0.6) is 11.5 Å². The van der Waals surface area contributed by atoms with E-state index >= 15 is 0 Å². The van der Waals surface area contributed by atoms with Crippen molar-refractivity contribution >= 4 is 17.6 Å². The molecular weight excluding hydrogens is 426 g/mol. The summed E-state index contributed by atoms with van der Waals surface area (Å²) >= 11 is 0. The first kappa shape index (κ1) is 21.3. The molecule has 166 valence electrons. The first-order chi connectivity index (χ1) is 15.3. The van der Waals surface area contributed by atoms with E-state index in [1.165, 1.54) is 18.2 Å². The quantitative estimate of drug-likeness (QED) is 0.548. The van der Waals surface area contributed by atoms with E-state index in [-0.39, 0.29) is 30.0 Å². The fraction of sp³-hybridized carbons (Fsp3) is 0.227. The highest BCUT2D eigenvalue weighted by Crippen LogP contribution is 2.42. The minimum Gasteiger partial charge on any atom is -0.456 e. The molecule has 1 amide bonds. The summed E-state index contributed by atoms with van der Waals surface area (Å²) < 4.78 is 45.2. The van der Waals surface area contributed by atoms with Crippen LogP contribution in [-0.4, -0.2) is 29.8 Å². The van der Waals surface area contributed by atoms with Gasteiger partial charge in [-0.25, -0.2) is 4.98 Å². The van der Waals surface area contributed by atoms with Crippen molar-refractivity contribution in [3.8, 4) is 22.8 Å². The zero-order chi connectivity index (χ0) is 22.7. The summed E-state index contributed by atoms with van der Waals surface area (Å²) in [6.45, 7) is 1.45. The molecule has 1 aliphatic rings. The van der Waals surface area contributed by atoms with E-state index in [0.717, 1.165) is 11.1 Å². The van der Waals surface area contributed by atoms with Gasteiger partial charge in [0.2, 0.25) is 0 Å². The van der Waals surface area contributed by atoms with Crippen LogP contribution >= 0.6 is 0 Å². The minimum atomic E-state index is -3.75. The molecule has 0 aliphatic carbocycles. The number of fused-ring (bicyclic) bond motifs is 1. The summed E-state index contributed by atoms with van der Waals surface area (Å²) in [5.74, 6) is -0.632. The molecule has 4 rings (SSSR count). The molecule has 1 aliphatic heterocycles.